The van der Waals surface area contributed by atoms with Crippen molar-refractivity contribution >= 4 is 29.9 Å². The zero-order valence-corrected chi connectivity index (χ0v) is 18.8. The Kier molecular flexibility index (Phi) is 12.3. The Bertz CT molecular complexity index is 612. The van der Waals surface area contributed by atoms with Gasteiger partial charge >= 0.3 is 6.18 Å². The molecule has 1 fully saturated rings. The van der Waals surface area contributed by atoms with Crippen molar-refractivity contribution in [1.82, 2.24) is 10.6 Å². The van der Waals surface area contributed by atoms with Gasteiger partial charge in [0.15, 0.2) is 5.96 Å². The van der Waals surface area contributed by atoms with Crippen LogP contribution < -0.4 is 15.4 Å². The number of alkyl halides is 3. The smallest absolute Gasteiger partial charge is 0.419 e. The van der Waals surface area contributed by atoms with Gasteiger partial charge in [0.25, 0.3) is 0 Å². The van der Waals surface area contributed by atoms with E-state index in [9.17, 15) is 13.2 Å². The molecule has 0 amide bonds. The molecule has 2 rings (SSSR count). The van der Waals surface area contributed by atoms with E-state index in [2.05, 4.69) is 15.6 Å². The Labute approximate surface area is 186 Å². The second-order valence-corrected chi connectivity index (χ2v) is 6.33. The zero-order chi connectivity index (χ0) is 20.2. The number of hydrogen-bond donors (Lipinski definition) is 2. The molecule has 1 saturated heterocycles. The number of nitrogens with zero attached hydrogens (tertiary/aromatic N) is 1. The molecule has 29 heavy (non-hydrogen) atoms. The summed E-state index contributed by atoms with van der Waals surface area (Å²) in [5.74, 6) is 0.384. The summed E-state index contributed by atoms with van der Waals surface area (Å²) in [5.41, 5.74) is -0.777. The summed E-state index contributed by atoms with van der Waals surface area (Å²) in [7, 11) is 1.63. The highest BCUT2D eigenvalue weighted by Gasteiger charge is 2.33. The quantitative estimate of drug-likeness (QED) is 0.210. The van der Waals surface area contributed by atoms with Gasteiger partial charge < -0.3 is 24.8 Å². The number of nitrogens with one attached hydrogen (secondary N) is 2. The predicted molar refractivity (Wildman–Crippen MR) is 116 cm³/mol. The third-order valence-electron chi connectivity index (χ3n) is 4.15. The summed E-state index contributed by atoms with van der Waals surface area (Å²) in [6, 6.07) is 5.17. The fraction of sp³-hybridized carbons (Fsp3) is 0.632. The van der Waals surface area contributed by atoms with Crippen LogP contribution in [0.2, 0.25) is 0 Å². The van der Waals surface area contributed by atoms with E-state index in [-0.39, 0.29) is 42.4 Å². The lowest BCUT2D eigenvalue weighted by Gasteiger charge is -2.15. The lowest BCUT2D eigenvalue weighted by Crippen LogP contribution is -2.40. The molecule has 6 nitrogen and oxygen atoms in total. The maximum atomic E-state index is 12.9. The largest absolute Gasteiger partial charge is 0.491 e. The molecular weight excluding hydrogens is 502 g/mol. The van der Waals surface area contributed by atoms with Gasteiger partial charge in [0.1, 0.15) is 12.4 Å². The fourth-order valence-electron chi connectivity index (χ4n) is 2.75. The number of halogens is 4. The molecule has 1 atom stereocenters. The third kappa shape index (κ3) is 9.85. The highest BCUT2D eigenvalue weighted by molar-refractivity contribution is 14.0. The summed E-state index contributed by atoms with van der Waals surface area (Å²) in [4.78, 5) is 4.07. The van der Waals surface area contributed by atoms with Gasteiger partial charge in [-0.05, 0) is 31.4 Å². The van der Waals surface area contributed by atoms with E-state index in [1.807, 2.05) is 0 Å². The highest BCUT2D eigenvalue weighted by atomic mass is 127. The first-order valence-corrected chi connectivity index (χ1v) is 9.43. The van der Waals surface area contributed by atoms with Gasteiger partial charge in [0.2, 0.25) is 0 Å². The number of hydrogen-bond acceptors (Lipinski definition) is 4. The standard InChI is InChI=1S/C19H28F3N3O3.HI/c1-23-18(24-9-5-11-26-14-15-6-4-12-27-15)25-10-13-28-17-8-3-2-7-16(17)19(20,21)22;/h2-3,7-8,15H,4-6,9-14H2,1H3,(H2,23,24,25);1H. The summed E-state index contributed by atoms with van der Waals surface area (Å²) >= 11 is 0. The monoisotopic (exact) mass is 531 g/mol. The minimum absolute atomic E-state index is 0. The number of ether oxygens (including phenoxy) is 3. The van der Waals surface area contributed by atoms with Crippen molar-refractivity contribution in [3.05, 3.63) is 29.8 Å². The average molecular weight is 531 g/mol. The van der Waals surface area contributed by atoms with Gasteiger partial charge in [-0.3, -0.25) is 4.99 Å². The Morgan fingerprint density at radius 2 is 1.97 bits per heavy atom. The van der Waals surface area contributed by atoms with Gasteiger partial charge in [-0.25, -0.2) is 0 Å². The average Bonchev–Trinajstić information content (AvgIpc) is 3.19. The maximum absolute atomic E-state index is 12.9. The Balaban J connectivity index is 0.00000420. The number of benzene rings is 1. The van der Waals surface area contributed by atoms with Crippen molar-refractivity contribution in [3.8, 4) is 5.75 Å². The van der Waals surface area contributed by atoms with E-state index in [1.54, 1.807) is 7.05 Å². The van der Waals surface area contributed by atoms with Crippen molar-refractivity contribution in [2.24, 2.45) is 4.99 Å². The number of para-hydroxylation sites is 1. The predicted octanol–water partition coefficient (Wildman–Crippen LogP) is 3.45. The van der Waals surface area contributed by atoms with Crippen molar-refractivity contribution < 1.29 is 27.4 Å². The molecule has 1 aliphatic heterocycles. The molecule has 1 heterocycles. The van der Waals surface area contributed by atoms with Crippen molar-refractivity contribution in [3.63, 3.8) is 0 Å². The molecule has 166 valence electrons. The van der Waals surface area contributed by atoms with Crippen LogP contribution in [-0.2, 0) is 15.7 Å². The Morgan fingerprint density at radius 3 is 2.66 bits per heavy atom. The first kappa shape index (κ1) is 25.8. The molecular formula is C19H29F3IN3O3. The minimum atomic E-state index is -4.44. The molecule has 1 aliphatic rings. The first-order chi connectivity index (χ1) is 13.5. The first-order valence-electron chi connectivity index (χ1n) is 9.43. The Morgan fingerprint density at radius 1 is 1.21 bits per heavy atom. The van der Waals surface area contributed by atoms with Gasteiger partial charge in [-0.15, -0.1) is 24.0 Å². The van der Waals surface area contributed by atoms with E-state index in [0.717, 1.165) is 31.9 Å². The molecule has 0 bridgehead atoms. The third-order valence-corrected chi connectivity index (χ3v) is 4.15. The van der Waals surface area contributed by atoms with E-state index in [1.165, 1.54) is 18.2 Å². The van der Waals surface area contributed by atoms with Crippen molar-refractivity contribution in [1.29, 1.82) is 0 Å². The van der Waals surface area contributed by atoms with Gasteiger partial charge in [0.05, 0.1) is 24.8 Å². The van der Waals surface area contributed by atoms with Crippen LogP contribution in [-0.4, -0.2) is 58.6 Å². The van der Waals surface area contributed by atoms with Crippen molar-refractivity contribution in [2.45, 2.75) is 31.5 Å². The molecule has 0 aromatic heterocycles. The van der Waals surface area contributed by atoms with E-state index in [0.29, 0.717) is 32.3 Å². The second kappa shape index (κ2) is 13.9. The molecule has 1 aromatic carbocycles. The molecule has 0 aliphatic carbocycles. The molecule has 0 saturated carbocycles. The van der Waals surface area contributed by atoms with Gasteiger partial charge in [-0.1, -0.05) is 12.1 Å². The van der Waals surface area contributed by atoms with Crippen LogP contribution in [0.5, 0.6) is 5.75 Å². The molecule has 1 aromatic rings. The topological polar surface area (TPSA) is 64.1 Å². The summed E-state index contributed by atoms with van der Waals surface area (Å²) in [6.07, 6.45) is -1.24. The fourth-order valence-corrected chi connectivity index (χ4v) is 2.75. The molecule has 1 unspecified atom stereocenters. The second-order valence-electron chi connectivity index (χ2n) is 6.33. The summed E-state index contributed by atoms with van der Waals surface area (Å²) in [6.45, 7) is 3.15. The molecule has 2 N–H and O–H groups in total. The van der Waals surface area contributed by atoms with Gasteiger partial charge in [-0.2, -0.15) is 13.2 Å². The normalized spacial score (nSPS) is 17.0. The van der Waals surface area contributed by atoms with Crippen molar-refractivity contribution in [2.75, 3.05) is 46.6 Å². The number of guanidine groups is 1. The zero-order valence-electron chi connectivity index (χ0n) is 16.5. The van der Waals surface area contributed by atoms with Crippen LogP contribution in [0.4, 0.5) is 13.2 Å². The summed E-state index contributed by atoms with van der Waals surface area (Å²) in [5, 5.41) is 6.13. The summed E-state index contributed by atoms with van der Waals surface area (Å²) < 4.78 is 55.1. The Hall–Kier alpha value is -1.27. The minimum Gasteiger partial charge on any atom is -0.491 e. The molecule has 10 heteroatoms. The number of rotatable bonds is 10. The van der Waals surface area contributed by atoms with Crippen LogP contribution in [0, 0.1) is 0 Å². The maximum Gasteiger partial charge on any atom is 0.419 e. The number of aliphatic imine (C=N–C) groups is 1. The van der Waals surface area contributed by atoms with E-state index in [4.69, 9.17) is 14.2 Å². The lowest BCUT2D eigenvalue weighted by molar-refractivity contribution is -0.138. The molecule has 0 spiro atoms. The highest BCUT2D eigenvalue weighted by Crippen LogP contribution is 2.35. The molecule has 0 radical (unpaired) electrons. The lowest BCUT2D eigenvalue weighted by atomic mass is 10.2. The van der Waals surface area contributed by atoms with Crippen LogP contribution in [0.1, 0.15) is 24.8 Å². The van der Waals surface area contributed by atoms with Gasteiger partial charge in [0, 0.05) is 26.8 Å². The van der Waals surface area contributed by atoms with Crippen LogP contribution in [0.3, 0.4) is 0 Å². The van der Waals surface area contributed by atoms with E-state index < -0.39 is 11.7 Å². The van der Waals surface area contributed by atoms with Crippen LogP contribution >= 0.6 is 24.0 Å². The SMILES string of the molecule is CN=C(NCCCOCC1CCCO1)NCCOc1ccccc1C(F)(F)F.I. The van der Waals surface area contributed by atoms with Crippen LogP contribution in [0.25, 0.3) is 0 Å². The van der Waals surface area contributed by atoms with E-state index >= 15 is 0 Å². The van der Waals surface area contributed by atoms with Crippen LogP contribution in [0.15, 0.2) is 29.3 Å².